The third kappa shape index (κ3) is 20.5. The Morgan fingerprint density at radius 1 is 0.800 bits per heavy atom. The molecule has 6 nitrogen and oxygen atoms in total. The molecule has 6 heteroatoms. The van der Waals surface area contributed by atoms with E-state index in [2.05, 4.69) is 0 Å². The highest BCUT2D eigenvalue weighted by Gasteiger charge is 2.07. The van der Waals surface area contributed by atoms with E-state index in [1.165, 1.54) is 6.08 Å². The van der Waals surface area contributed by atoms with E-state index in [1.54, 1.807) is 55.5 Å². The second-order valence-electron chi connectivity index (χ2n) is 7.03. The number of hydrogen-bond acceptors (Lipinski definition) is 5. The molecule has 168 valence electrons. The van der Waals surface area contributed by atoms with E-state index in [0.29, 0.717) is 12.8 Å². The van der Waals surface area contributed by atoms with Gasteiger partial charge in [0.25, 0.3) is 0 Å². The molecule has 0 radical (unpaired) electrons. The number of carboxylic acid groups (broad SMARTS) is 1. The molecule has 30 heavy (non-hydrogen) atoms. The van der Waals surface area contributed by atoms with E-state index in [9.17, 15) is 20.1 Å². The van der Waals surface area contributed by atoms with Crippen LogP contribution >= 0.6 is 0 Å². The van der Waals surface area contributed by atoms with E-state index < -0.39 is 24.3 Å². The molecule has 0 saturated carbocycles. The zero-order valence-corrected chi connectivity index (χ0v) is 17.6. The highest BCUT2D eigenvalue weighted by atomic mass is 16.4. The number of aliphatic hydroxyl groups excluding tert-OH is 4. The van der Waals surface area contributed by atoms with Gasteiger partial charge in [-0.25, -0.2) is 4.79 Å². The van der Waals surface area contributed by atoms with Gasteiger partial charge >= 0.3 is 5.97 Å². The predicted octanol–water partition coefficient (Wildman–Crippen LogP) is 3.21. The van der Waals surface area contributed by atoms with Crippen molar-refractivity contribution < 1.29 is 30.3 Å². The lowest BCUT2D eigenvalue weighted by atomic mass is 10.1. The SMILES string of the molecule is C[C@H](O)CCC/C=C/C=C/[C@H](O)C[C@H](O)C/C=C\C=C\[C@H](O)C/C=C/C=C\C(=O)O. The lowest BCUT2D eigenvalue weighted by Gasteiger charge is -2.10. The highest BCUT2D eigenvalue weighted by molar-refractivity contribution is 5.80. The zero-order valence-electron chi connectivity index (χ0n) is 17.6. The van der Waals surface area contributed by atoms with Gasteiger partial charge in [0.15, 0.2) is 0 Å². The summed E-state index contributed by atoms with van der Waals surface area (Å²) in [5.74, 6) is -1.02. The Morgan fingerprint density at radius 2 is 1.40 bits per heavy atom. The first-order valence-corrected chi connectivity index (χ1v) is 10.3. The van der Waals surface area contributed by atoms with E-state index in [4.69, 9.17) is 10.2 Å². The van der Waals surface area contributed by atoms with Crippen molar-refractivity contribution in [1.29, 1.82) is 0 Å². The predicted molar refractivity (Wildman–Crippen MR) is 120 cm³/mol. The summed E-state index contributed by atoms with van der Waals surface area (Å²) in [6.07, 6.45) is 20.8. The van der Waals surface area contributed by atoms with Crippen molar-refractivity contribution in [2.24, 2.45) is 0 Å². The molecule has 5 N–H and O–H groups in total. The number of carbonyl (C=O) groups is 1. The van der Waals surface area contributed by atoms with Gasteiger partial charge in [0.05, 0.1) is 24.4 Å². The van der Waals surface area contributed by atoms with Crippen LogP contribution in [-0.4, -0.2) is 55.9 Å². The molecule has 0 aliphatic heterocycles. The minimum Gasteiger partial charge on any atom is -0.478 e. The first kappa shape index (κ1) is 27.8. The Labute approximate surface area is 179 Å². The minimum absolute atomic E-state index is 0.234. The van der Waals surface area contributed by atoms with Crippen LogP contribution in [-0.2, 0) is 4.79 Å². The summed E-state index contributed by atoms with van der Waals surface area (Å²) in [5.41, 5.74) is 0. The van der Waals surface area contributed by atoms with Crippen LogP contribution in [0.1, 0.15) is 45.4 Å². The second-order valence-corrected chi connectivity index (χ2v) is 7.03. The number of allylic oxidation sites excluding steroid dienone is 7. The maximum Gasteiger partial charge on any atom is 0.328 e. The molecule has 0 aliphatic rings. The minimum atomic E-state index is -1.02. The quantitative estimate of drug-likeness (QED) is 0.149. The van der Waals surface area contributed by atoms with Crippen LogP contribution in [0.15, 0.2) is 72.9 Å². The second kappa shape index (κ2) is 18.8. The van der Waals surface area contributed by atoms with Gasteiger partial charge in [0, 0.05) is 12.5 Å². The van der Waals surface area contributed by atoms with Crippen LogP contribution in [0.25, 0.3) is 0 Å². The Kier molecular flexibility index (Phi) is 17.4. The molecule has 0 spiro atoms. The third-order valence-electron chi connectivity index (χ3n) is 3.94. The molecule has 0 amide bonds. The van der Waals surface area contributed by atoms with Gasteiger partial charge in [0.1, 0.15) is 0 Å². The summed E-state index contributed by atoms with van der Waals surface area (Å²) in [4.78, 5) is 10.3. The van der Waals surface area contributed by atoms with Crippen molar-refractivity contribution >= 4 is 5.97 Å². The number of rotatable bonds is 16. The number of carboxylic acids is 1. The van der Waals surface area contributed by atoms with Crippen LogP contribution in [0.5, 0.6) is 0 Å². The van der Waals surface area contributed by atoms with Crippen molar-refractivity contribution in [2.75, 3.05) is 0 Å². The summed E-state index contributed by atoms with van der Waals surface area (Å²) in [5, 5.41) is 47.2. The van der Waals surface area contributed by atoms with E-state index in [1.807, 2.05) is 12.2 Å². The molecule has 0 aromatic rings. The number of unbranched alkanes of at least 4 members (excludes halogenated alkanes) is 1. The fourth-order valence-corrected chi connectivity index (χ4v) is 2.37. The number of aliphatic carboxylic acids is 1. The van der Waals surface area contributed by atoms with Crippen molar-refractivity contribution in [3.8, 4) is 0 Å². The molecule has 0 aliphatic carbocycles. The summed E-state index contributed by atoms with van der Waals surface area (Å²) in [6, 6.07) is 0. The third-order valence-corrected chi connectivity index (χ3v) is 3.94. The molecule has 0 rings (SSSR count). The highest BCUT2D eigenvalue weighted by Crippen LogP contribution is 2.06. The van der Waals surface area contributed by atoms with Gasteiger partial charge in [-0.3, -0.25) is 0 Å². The molecule has 0 aromatic carbocycles. The topological polar surface area (TPSA) is 118 Å². The van der Waals surface area contributed by atoms with Gasteiger partial charge in [-0.05, 0) is 39.0 Å². The van der Waals surface area contributed by atoms with Gasteiger partial charge < -0.3 is 25.5 Å². The summed E-state index contributed by atoms with van der Waals surface area (Å²) in [6.45, 7) is 1.77. The van der Waals surface area contributed by atoms with Crippen LogP contribution in [0.4, 0.5) is 0 Å². The van der Waals surface area contributed by atoms with E-state index in [-0.39, 0.29) is 12.5 Å². The van der Waals surface area contributed by atoms with Crippen LogP contribution in [0, 0.1) is 0 Å². The van der Waals surface area contributed by atoms with Crippen molar-refractivity contribution in [3.05, 3.63) is 72.9 Å². The van der Waals surface area contributed by atoms with Gasteiger partial charge in [-0.15, -0.1) is 0 Å². The smallest absolute Gasteiger partial charge is 0.328 e. The van der Waals surface area contributed by atoms with Crippen molar-refractivity contribution in [3.63, 3.8) is 0 Å². The molecule has 0 aromatic heterocycles. The fraction of sp³-hybridized carbons (Fsp3) is 0.458. The van der Waals surface area contributed by atoms with Gasteiger partial charge in [-0.1, -0.05) is 66.8 Å². The maximum atomic E-state index is 10.3. The number of aliphatic hydroxyl groups is 4. The maximum absolute atomic E-state index is 10.3. The molecule has 4 atom stereocenters. The van der Waals surface area contributed by atoms with Gasteiger partial charge in [-0.2, -0.15) is 0 Å². The molecule has 0 bridgehead atoms. The Hall–Kier alpha value is -2.25. The largest absolute Gasteiger partial charge is 0.478 e. The Morgan fingerprint density at radius 3 is 2.07 bits per heavy atom. The molecule has 0 heterocycles. The fourth-order valence-electron chi connectivity index (χ4n) is 2.37. The van der Waals surface area contributed by atoms with Crippen LogP contribution in [0.2, 0.25) is 0 Å². The average molecular weight is 421 g/mol. The normalized spacial score (nSPS) is 17.2. The summed E-state index contributed by atoms with van der Waals surface area (Å²) >= 11 is 0. The molecular weight excluding hydrogens is 384 g/mol. The van der Waals surface area contributed by atoms with E-state index in [0.717, 1.165) is 25.3 Å². The van der Waals surface area contributed by atoms with Gasteiger partial charge in [0.2, 0.25) is 0 Å². The van der Waals surface area contributed by atoms with Crippen LogP contribution < -0.4 is 0 Å². The van der Waals surface area contributed by atoms with Crippen molar-refractivity contribution in [2.45, 2.75) is 69.9 Å². The van der Waals surface area contributed by atoms with Crippen molar-refractivity contribution in [1.82, 2.24) is 0 Å². The molecule has 0 unspecified atom stereocenters. The lowest BCUT2D eigenvalue weighted by Crippen LogP contribution is -2.14. The molecule has 0 fully saturated rings. The van der Waals surface area contributed by atoms with Crippen LogP contribution in [0.3, 0.4) is 0 Å². The first-order chi connectivity index (χ1) is 14.3. The molecule has 0 saturated heterocycles. The summed E-state index contributed by atoms with van der Waals surface area (Å²) < 4.78 is 0. The average Bonchev–Trinajstić information content (AvgIpc) is 2.66. The monoisotopic (exact) mass is 420 g/mol. The summed E-state index contributed by atoms with van der Waals surface area (Å²) in [7, 11) is 0. The lowest BCUT2D eigenvalue weighted by molar-refractivity contribution is -0.131. The Bertz CT molecular complexity index is 613. The standard InChI is InChI=1S/C24H36O6/c1-20(25)13-7-3-2-4-8-16-22(27)19-23(28)17-11-5-9-14-21(26)15-10-6-12-18-24(29)30/h2,4-6,8-12,14,16,18,20-23,25-28H,3,7,13,15,17,19H2,1H3,(H,29,30)/b4-2+,10-6+,11-5-,14-9+,16-8+,18-12-/t20-,21-,22-,23+/m0/s1. The van der Waals surface area contributed by atoms with E-state index >= 15 is 0 Å². The molecular formula is C24H36O6. The Balaban J connectivity index is 3.99. The number of hydrogen-bond donors (Lipinski definition) is 5. The first-order valence-electron chi connectivity index (χ1n) is 10.3. The zero-order chi connectivity index (χ0) is 22.6.